The second-order valence-electron chi connectivity index (χ2n) is 5.33. The smallest absolute Gasteiger partial charge is 0.220 e. The fourth-order valence-electron chi connectivity index (χ4n) is 2.29. The molecule has 0 spiro atoms. The number of hydrogen-bond acceptors (Lipinski definition) is 5. The molecule has 0 saturated carbocycles. The van der Waals surface area contributed by atoms with Crippen LogP contribution in [0.2, 0.25) is 4.34 Å². The first-order valence-corrected chi connectivity index (χ1v) is 8.75. The molecular formula is C17H16ClNO4S. The second kappa shape index (κ2) is 7.68. The number of amides is 1. The van der Waals surface area contributed by atoms with Crippen LogP contribution in [-0.4, -0.2) is 30.9 Å². The van der Waals surface area contributed by atoms with Crippen molar-refractivity contribution >= 4 is 34.6 Å². The molecule has 0 radical (unpaired) electrons. The quantitative estimate of drug-likeness (QED) is 0.797. The number of carbonyl (C=O) groups excluding carboxylic acids is 2. The van der Waals surface area contributed by atoms with Gasteiger partial charge in [-0.25, -0.2) is 0 Å². The molecular weight excluding hydrogens is 350 g/mol. The van der Waals surface area contributed by atoms with Crippen LogP contribution in [0.1, 0.15) is 22.5 Å². The molecule has 0 aliphatic carbocycles. The fourth-order valence-corrected chi connectivity index (χ4v) is 3.30. The number of carbonyl (C=O) groups is 2. The van der Waals surface area contributed by atoms with Gasteiger partial charge in [0.05, 0.1) is 15.8 Å². The van der Waals surface area contributed by atoms with E-state index in [-0.39, 0.29) is 30.6 Å². The lowest BCUT2D eigenvalue weighted by molar-refractivity contribution is -0.121. The summed E-state index contributed by atoms with van der Waals surface area (Å²) < 4.78 is 11.9. The van der Waals surface area contributed by atoms with E-state index in [2.05, 4.69) is 5.32 Å². The van der Waals surface area contributed by atoms with Gasteiger partial charge in [-0.05, 0) is 24.3 Å². The number of fused-ring (bicyclic) bond motifs is 1. The first kappa shape index (κ1) is 16.8. The van der Waals surface area contributed by atoms with Crippen molar-refractivity contribution < 1.29 is 19.1 Å². The number of ether oxygens (including phenoxy) is 2. The van der Waals surface area contributed by atoms with Crippen LogP contribution in [0.15, 0.2) is 36.4 Å². The summed E-state index contributed by atoms with van der Waals surface area (Å²) in [5.41, 5.74) is 0. The highest BCUT2D eigenvalue weighted by Crippen LogP contribution is 2.30. The molecule has 0 bridgehead atoms. The lowest BCUT2D eigenvalue weighted by Gasteiger charge is -2.26. The van der Waals surface area contributed by atoms with E-state index in [1.165, 1.54) is 11.3 Å². The summed E-state index contributed by atoms with van der Waals surface area (Å²) in [5.74, 6) is 1.12. The molecule has 5 nitrogen and oxygen atoms in total. The van der Waals surface area contributed by atoms with Crippen molar-refractivity contribution in [2.45, 2.75) is 18.9 Å². The predicted octanol–water partition coefficient (Wildman–Crippen LogP) is 3.32. The molecule has 1 aromatic heterocycles. The van der Waals surface area contributed by atoms with Crippen molar-refractivity contribution in [1.29, 1.82) is 0 Å². The van der Waals surface area contributed by atoms with Gasteiger partial charge in [-0.3, -0.25) is 9.59 Å². The van der Waals surface area contributed by atoms with E-state index in [1.54, 1.807) is 12.1 Å². The number of para-hydroxylation sites is 2. The lowest BCUT2D eigenvalue weighted by atomic mass is 10.2. The van der Waals surface area contributed by atoms with E-state index in [0.29, 0.717) is 33.9 Å². The molecule has 1 amide bonds. The zero-order chi connectivity index (χ0) is 16.9. The van der Waals surface area contributed by atoms with Gasteiger partial charge in [0.25, 0.3) is 0 Å². The fraction of sp³-hybridized carbons (Fsp3) is 0.294. The van der Waals surface area contributed by atoms with Gasteiger partial charge in [0.15, 0.2) is 17.3 Å². The zero-order valence-electron chi connectivity index (χ0n) is 12.8. The number of benzene rings is 1. The Morgan fingerprint density at radius 3 is 2.71 bits per heavy atom. The van der Waals surface area contributed by atoms with Crippen LogP contribution in [0.4, 0.5) is 0 Å². The van der Waals surface area contributed by atoms with Gasteiger partial charge in [0.2, 0.25) is 5.91 Å². The monoisotopic (exact) mass is 365 g/mol. The van der Waals surface area contributed by atoms with Gasteiger partial charge >= 0.3 is 0 Å². The molecule has 7 heteroatoms. The Kier molecular flexibility index (Phi) is 5.37. The summed E-state index contributed by atoms with van der Waals surface area (Å²) in [5, 5.41) is 2.78. The molecule has 0 fully saturated rings. The maximum Gasteiger partial charge on any atom is 0.220 e. The second-order valence-corrected chi connectivity index (χ2v) is 7.04. The Labute approximate surface area is 148 Å². The molecule has 1 atom stereocenters. The third-order valence-corrected chi connectivity index (χ3v) is 4.79. The van der Waals surface area contributed by atoms with E-state index < -0.39 is 0 Å². The maximum absolute atomic E-state index is 11.9. The number of hydrogen-bond donors (Lipinski definition) is 1. The minimum atomic E-state index is -0.240. The molecule has 2 heterocycles. The average molecular weight is 366 g/mol. The highest BCUT2D eigenvalue weighted by Gasteiger charge is 2.21. The third kappa shape index (κ3) is 4.27. The van der Waals surface area contributed by atoms with Crippen LogP contribution in [0.25, 0.3) is 0 Å². The zero-order valence-corrected chi connectivity index (χ0v) is 14.4. The Hall–Kier alpha value is -2.05. The normalized spacial score (nSPS) is 15.8. The number of rotatable bonds is 6. The highest BCUT2D eigenvalue weighted by molar-refractivity contribution is 7.18. The first-order chi connectivity index (χ1) is 11.6. The van der Waals surface area contributed by atoms with Gasteiger partial charge in [0.1, 0.15) is 12.7 Å². The summed E-state index contributed by atoms with van der Waals surface area (Å²) >= 11 is 7.02. The molecule has 126 valence electrons. The molecule has 3 rings (SSSR count). The third-order valence-electron chi connectivity index (χ3n) is 3.52. The Morgan fingerprint density at radius 2 is 1.96 bits per heavy atom. The average Bonchev–Trinajstić information content (AvgIpc) is 3.04. The largest absolute Gasteiger partial charge is 0.486 e. The summed E-state index contributed by atoms with van der Waals surface area (Å²) in [4.78, 5) is 24.4. The van der Waals surface area contributed by atoms with Crippen molar-refractivity contribution in [1.82, 2.24) is 5.32 Å². The number of halogens is 1. The van der Waals surface area contributed by atoms with Crippen molar-refractivity contribution in [3.8, 4) is 11.5 Å². The molecule has 0 saturated heterocycles. The van der Waals surface area contributed by atoms with Crippen LogP contribution < -0.4 is 14.8 Å². The lowest BCUT2D eigenvalue weighted by Crippen LogP contribution is -2.40. The van der Waals surface area contributed by atoms with E-state index in [0.717, 1.165) is 0 Å². The van der Waals surface area contributed by atoms with E-state index in [1.807, 2.05) is 24.3 Å². The van der Waals surface area contributed by atoms with Crippen LogP contribution >= 0.6 is 22.9 Å². The number of Topliss-reactive ketones (excluding diaryl/α,β-unsaturated/α-hetero) is 1. The first-order valence-electron chi connectivity index (χ1n) is 7.55. The number of ketones is 1. The molecule has 1 N–H and O–H groups in total. The Morgan fingerprint density at radius 1 is 1.17 bits per heavy atom. The van der Waals surface area contributed by atoms with Crippen LogP contribution in [0.5, 0.6) is 11.5 Å². The minimum Gasteiger partial charge on any atom is -0.486 e. The molecule has 1 aliphatic rings. The molecule has 0 unspecified atom stereocenters. The Balaban J connectivity index is 1.41. The summed E-state index contributed by atoms with van der Waals surface area (Å²) in [6.45, 7) is 0.718. The Bertz CT molecular complexity index is 746. The van der Waals surface area contributed by atoms with E-state index >= 15 is 0 Å². The van der Waals surface area contributed by atoms with Gasteiger partial charge in [-0.1, -0.05) is 23.7 Å². The van der Waals surface area contributed by atoms with Crippen molar-refractivity contribution in [2.24, 2.45) is 0 Å². The van der Waals surface area contributed by atoms with Crippen molar-refractivity contribution in [3.05, 3.63) is 45.6 Å². The van der Waals surface area contributed by atoms with E-state index in [9.17, 15) is 9.59 Å². The van der Waals surface area contributed by atoms with Crippen LogP contribution in [0, 0.1) is 0 Å². The minimum absolute atomic E-state index is 0.0757. The number of thiophene rings is 1. The summed E-state index contributed by atoms with van der Waals surface area (Å²) in [7, 11) is 0. The molecule has 24 heavy (non-hydrogen) atoms. The predicted molar refractivity (Wildman–Crippen MR) is 92.3 cm³/mol. The molecule has 1 aliphatic heterocycles. The summed E-state index contributed by atoms with van der Waals surface area (Å²) in [6.07, 6.45) is 0.0575. The SMILES string of the molecule is O=C(CCC(=O)c1ccc(Cl)s1)NC[C@H]1COc2ccccc2O1. The van der Waals surface area contributed by atoms with Crippen molar-refractivity contribution in [3.63, 3.8) is 0 Å². The molecule has 1 aromatic carbocycles. The van der Waals surface area contributed by atoms with Gasteiger partial charge in [0, 0.05) is 12.8 Å². The van der Waals surface area contributed by atoms with Gasteiger partial charge in [-0.2, -0.15) is 0 Å². The standard InChI is InChI=1S/C17H16ClNO4S/c18-16-7-6-15(24-16)12(20)5-8-17(21)19-9-11-10-22-13-3-1-2-4-14(13)23-11/h1-4,6-7,11H,5,8-10H2,(H,19,21)/t11-/m0/s1. The van der Waals surface area contributed by atoms with Crippen LogP contribution in [0.3, 0.4) is 0 Å². The highest BCUT2D eigenvalue weighted by atomic mass is 35.5. The maximum atomic E-state index is 11.9. The van der Waals surface area contributed by atoms with Crippen LogP contribution in [-0.2, 0) is 4.79 Å². The van der Waals surface area contributed by atoms with Crippen molar-refractivity contribution in [2.75, 3.05) is 13.2 Å². The number of nitrogens with one attached hydrogen (secondary N) is 1. The summed E-state index contributed by atoms with van der Waals surface area (Å²) in [6, 6.07) is 10.8. The van der Waals surface area contributed by atoms with Gasteiger partial charge < -0.3 is 14.8 Å². The van der Waals surface area contributed by atoms with Gasteiger partial charge in [-0.15, -0.1) is 11.3 Å². The molecule has 2 aromatic rings. The van der Waals surface area contributed by atoms with E-state index in [4.69, 9.17) is 21.1 Å². The topological polar surface area (TPSA) is 64.6 Å².